The van der Waals surface area contributed by atoms with Crippen molar-refractivity contribution < 1.29 is 9.21 Å². The van der Waals surface area contributed by atoms with Crippen molar-refractivity contribution in [2.75, 3.05) is 6.54 Å². The Hall–Kier alpha value is -2.99. The van der Waals surface area contributed by atoms with Gasteiger partial charge in [0.15, 0.2) is 0 Å². The van der Waals surface area contributed by atoms with Crippen molar-refractivity contribution in [1.82, 2.24) is 15.5 Å². The molecule has 3 aromatic rings. The highest BCUT2D eigenvalue weighted by atomic mass is 16.4. The molecule has 0 bridgehead atoms. The molecule has 6 nitrogen and oxygen atoms in total. The highest BCUT2D eigenvalue weighted by Crippen LogP contribution is 2.37. The molecule has 132 valence electrons. The Bertz CT molecular complexity index is 907. The van der Waals surface area contributed by atoms with Crippen LogP contribution in [0.5, 0.6) is 0 Å². The van der Waals surface area contributed by atoms with Gasteiger partial charge in [0, 0.05) is 17.0 Å². The lowest BCUT2D eigenvalue weighted by Gasteiger charge is -2.30. The van der Waals surface area contributed by atoms with E-state index in [2.05, 4.69) is 39.8 Å². The molecule has 1 aromatic heterocycles. The summed E-state index contributed by atoms with van der Waals surface area (Å²) < 4.78 is 5.96. The van der Waals surface area contributed by atoms with Crippen LogP contribution in [0.15, 0.2) is 59.0 Å². The molecule has 26 heavy (non-hydrogen) atoms. The van der Waals surface area contributed by atoms with Gasteiger partial charge in [-0.25, -0.2) is 0 Å². The van der Waals surface area contributed by atoms with Crippen molar-refractivity contribution in [3.05, 3.63) is 71.6 Å². The number of piperidine rings is 1. The summed E-state index contributed by atoms with van der Waals surface area (Å²) in [4.78, 5) is 11.4. The average molecular weight is 348 g/mol. The minimum atomic E-state index is -0.482. The van der Waals surface area contributed by atoms with Crippen LogP contribution in [0.25, 0.3) is 11.5 Å². The largest absolute Gasteiger partial charge is 0.419 e. The molecule has 1 aliphatic rings. The van der Waals surface area contributed by atoms with E-state index in [1.807, 2.05) is 12.1 Å². The number of nitrogens with zero attached hydrogens (tertiary/aromatic N) is 2. The molecule has 0 saturated carbocycles. The van der Waals surface area contributed by atoms with E-state index in [1.165, 1.54) is 5.56 Å². The average Bonchev–Trinajstić information content (AvgIpc) is 3.19. The normalized spacial score (nSPS) is 20.0. The number of nitrogens with two attached hydrogens (primary N) is 1. The third kappa shape index (κ3) is 3.23. The fourth-order valence-corrected chi connectivity index (χ4v) is 3.49. The van der Waals surface area contributed by atoms with Gasteiger partial charge in [-0.2, -0.15) is 0 Å². The van der Waals surface area contributed by atoms with Gasteiger partial charge in [0.25, 0.3) is 0 Å². The van der Waals surface area contributed by atoms with Crippen LogP contribution in [-0.2, 0) is 0 Å². The molecule has 3 N–H and O–H groups in total. The van der Waals surface area contributed by atoms with E-state index in [4.69, 9.17) is 10.2 Å². The molecule has 0 spiro atoms. The number of nitrogens with one attached hydrogen (secondary N) is 1. The van der Waals surface area contributed by atoms with Crippen LogP contribution in [0.4, 0.5) is 0 Å². The van der Waals surface area contributed by atoms with Gasteiger partial charge < -0.3 is 15.5 Å². The van der Waals surface area contributed by atoms with Crippen LogP contribution in [0.3, 0.4) is 0 Å². The van der Waals surface area contributed by atoms with Crippen molar-refractivity contribution in [3.8, 4) is 11.5 Å². The number of aromatic nitrogens is 2. The molecular formula is C20H20N4O2. The van der Waals surface area contributed by atoms with Gasteiger partial charge in [-0.1, -0.05) is 36.4 Å². The molecule has 0 unspecified atom stereocenters. The highest BCUT2D eigenvalue weighted by Gasteiger charge is 2.31. The summed E-state index contributed by atoms with van der Waals surface area (Å²) in [5.74, 6) is 0.764. The molecule has 2 atom stereocenters. The molecule has 0 radical (unpaired) electrons. The number of hydrogen-bond acceptors (Lipinski definition) is 5. The summed E-state index contributed by atoms with van der Waals surface area (Å²) in [5.41, 5.74) is 7.72. The first-order valence-electron chi connectivity index (χ1n) is 8.74. The van der Waals surface area contributed by atoms with Crippen molar-refractivity contribution in [3.63, 3.8) is 0 Å². The lowest BCUT2D eigenvalue weighted by atomic mass is 9.85. The van der Waals surface area contributed by atoms with Gasteiger partial charge in [-0.05, 0) is 43.1 Å². The van der Waals surface area contributed by atoms with Crippen molar-refractivity contribution in [2.24, 2.45) is 5.73 Å². The Morgan fingerprint density at radius 2 is 1.96 bits per heavy atom. The second-order valence-electron chi connectivity index (χ2n) is 6.48. The fraction of sp³-hybridized carbons (Fsp3) is 0.250. The Morgan fingerprint density at radius 1 is 1.12 bits per heavy atom. The van der Waals surface area contributed by atoms with Gasteiger partial charge in [-0.15, -0.1) is 10.2 Å². The Morgan fingerprint density at radius 3 is 2.77 bits per heavy atom. The molecule has 2 aromatic carbocycles. The summed E-state index contributed by atoms with van der Waals surface area (Å²) in [6.07, 6.45) is 2.17. The smallest absolute Gasteiger partial charge is 0.248 e. The molecule has 1 fully saturated rings. The Labute approximate surface area is 151 Å². The molecule has 1 aliphatic heterocycles. The van der Waals surface area contributed by atoms with Crippen LogP contribution in [0, 0.1) is 0 Å². The molecular weight excluding hydrogens is 328 g/mol. The molecule has 0 aliphatic carbocycles. The highest BCUT2D eigenvalue weighted by molar-refractivity contribution is 5.93. The third-order valence-electron chi connectivity index (χ3n) is 4.79. The first-order chi connectivity index (χ1) is 12.7. The summed E-state index contributed by atoms with van der Waals surface area (Å²) in [7, 11) is 0. The third-order valence-corrected chi connectivity index (χ3v) is 4.79. The summed E-state index contributed by atoms with van der Waals surface area (Å²) in [6, 6.07) is 17.3. The zero-order chi connectivity index (χ0) is 17.9. The lowest BCUT2D eigenvalue weighted by Crippen LogP contribution is -2.33. The van der Waals surface area contributed by atoms with E-state index in [1.54, 1.807) is 18.2 Å². The van der Waals surface area contributed by atoms with Crippen LogP contribution in [0.1, 0.15) is 46.6 Å². The second-order valence-corrected chi connectivity index (χ2v) is 6.48. The number of benzene rings is 2. The van der Waals surface area contributed by atoms with Crippen LogP contribution in [-0.4, -0.2) is 22.6 Å². The first kappa shape index (κ1) is 16.5. The fourth-order valence-electron chi connectivity index (χ4n) is 3.49. The summed E-state index contributed by atoms with van der Waals surface area (Å²) in [5, 5.41) is 12.0. The van der Waals surface area contributed by atoms with Gasteiger partial charge in [0.1, 0.15) is 0 Å². The summed E-state index contributed by atoms with van der Waals surface area (Å²) >= 11 is 0. The zero-order valence-corrected chi connectivity index (χ0v) is 14.3. The van der Waals surface area contributed by atoms with Gasteiger partial charge in [-0.3, -0.25) is 4.79 Å². The Kier molecular flexibility index (Phi) is 4.50. The van der Waals surface area contributed by atoms with E-state index >= 15 is 0 Å². The van der Waals surface area contributed by atoms with Crippen molar-refractivity contribution >= 4 is 5.91 Å². The van der Waals surface area contributed by atoms with Crippen LogP contribution in [0.2, 0.25) is 0 Å². The minimum absolute atomic E-state index is 0.0216. The predicted molar refractivity (Wildman–Crippen MR) is 97.4 cm³/mol. The maximum absolute atomic E-state index is 11.4. The molecule has 4 rings (SSSR count). The first-order valence-corrected chi connectivity index (χ1v) is 8.74. The SMILES string of the molecule is NC(=O)c1cccc(-c2nnc([C@@H]3NCCC[C@@H]3c3ccccc3)o2)c1. The maximum atomic E-state index is 11.4. The summed E-state index contributed by atoms with van der Waals surface area (Å²) in [6.45, 7) is 0.920. The number of hydrogen-bond donors (Lipinski definition) is 2. The monoisotopic (exact) mass is 348 g/mol. The Balaban J connectivity index is 1.64. The van der Waals surface area contributed by atoms with E-state index < -0.39 is 5.91 Å². The number of amides is 1. The molecule has 1 amide bonds. The topological polar surface area (TPSA) is 94.0 Å². The van der Waals surface area contributed by atoms with Crippen LogP contribution >= 0.6 is 0 Å². The quantitative estimate of drug-likeness (QED) is 0.756. The lowest BCUT2D eigenvalue weighted by molar-refractivity contribution is 0.100. The predicted octanol–water partition coefficient (Wildman–Crippen LogP) is 3.04. The van der Waals surface area contributed by atoms with E-state index in [9.17, 15) is 4.79 Å². The minimum Gasteiger partial charge on any atom is -0.419 e. The number of rotatable bonds is 4. The van der Waals surface area contributed by atoms with Crippen molar-refractivity contribution in [2.45, 2.75) is 24.8 Å². The number of carbonyl (C=O) groups is 1. The molecule has 1 saturated heterocycles. The second kappa shape index (κ2) is 7.09. The standard InChI is InChI=1S/C20H20N4O2/c21-18(25)14-8-4-9-15(12-14)19-23-24-20(26-19)17-16(10-5-11-22-17)13-6-2-1-3-7-13/h1-4,6-9,12,16-17,22H,5,10-11H2,(H2,21,25)/t16-,17-/m1/s1. The van der Waals surface area contributed by atoms with Gasteiger partial charge in [0.2, 0.25) is 17.7 Å². The van der Waals surface area contributed by atoms with E-state index in [0.717, 1.165) is 19.4 Å². The number of carbonyl (C=O) groups excluding carboxylic acids is 1. The van der Waals surface area contributed by atoms with E-state index in [0.29, 0.717) is 22.9 Å². The van der Waals surface area contributed by atoms with Gasteiger partial charge >= 0.3 is 0 Å². The zero-order valence-electron chi connectivity index (χ0n) is 14.3. The number of primary amides is 1. The maximum Gasteiger partial charge on any atom is 0.248 e. The van der Waals surface area contributed by atoms with Gasteiger partial charge in [0.05, 0.1) is 6.04 Å². The molecule has 2 heterocycles. The molecule has 6 heteroatoms. The van der Waals surface area contributed by atoms with E-state index in [-0.39, 0.29) is 12.0 Å². The van der Waals surface area contributed by atoms with Crippen molar-refractivity contribution in [1.29, 1.82) is 0 Å². The van der Waals surface area contributed by atoms with Crippen LogP contribution < -0.4 is 11.1 Å².